The molecular formula is C14H16N2O. The third-order valence-electron chi connectivity index (χ3n) is 3.00. The number of hydrogen-bond acceptors (Lipinski definition) is 3. The minimum absolute atomic E-state index is 0.138. The fourth-order valence-electron chi connectivity index (χ4n) is 2.06. The second-order valence-corrected chi connectivity index (χ2v) is 4.18. The Morgan fingerprint density at radius 3 is 2.76 bits per heavy atom. The zero-order chi connectivity index (χ0) is 12.1. The molecule has 17 heavy (non-hydrogen) atoms. The smallest absolute Gasteiger partial charge is 0.158 e. The van der Waals surface area contributed by atoms with Crippen LogP contribution in [0, 0.1) is 5.92 Å². The Morgan fingerprint density at radius 2 is 2.18 bits per heavy atom. The van der Waals surface area contributed by atoms with Crippen LogP contribution in [-0.2, 0) is 4.79 Å². The summed E-state index contributed by atoms with van der Waals surface area (Å²) in [5, 5.41) is 0. The minimum atomic E-state index is 0.138. The van der Waals surface area contributed by atoms with Crippen LogP contribution in [0.5, 0.6) is 0 Å². The van der Waals surface area contributed by atoms with Crippen molar-refractivity contribution in [3.63, 3.8) is 0 Å². The standard InChI is InChI=1S/C14H16N2O/c1-2-4-13(17)11-5-7-12(8-6-11)14-15-9-3-10-16-14/h2-4,7,9-11H,5-6,8H2,1H3/b4-2+. The highest BCUT2D eigenvalue weighted by Crippen LogP contribution is 2.28. The molecule has 1 unspecified atom stereocenters. The predicted molar refractivity (Wildman–Crippen MR) is 67.2 cm³/mol. The minimum Gasteiger partial charge on any atom is -0.295 e. The van der Waals surface area contributed by atoms with E-state index in [0.717, 1.165) is 30.7 Å². The molecule has 1 atom stereocenters. The van der Waals surface area contributed by atoms with Gasteiger partial charge in [0.1, 0.15) is 0 Å². The quantitative estimate of drug-likeness (QED) is 0.747. The van der Waals surface area contributed by atoms with Gasteiger partial charge in [0.05, 0.1) is 0 Å². The number of nitrogens with zero attached hydrogens (tertiary/aromatic N) is 2. The second kappa shape index (κ2) is 5.53. The first-order valence-corrected chi connectivity index (χ1v) is 5.94. The summed E-state index contributed by atoms with van der Waals surface area (Å²) >= 11 is 0. The van der Waals surface area contributed by atoms with Crippen LogP contribution in [0.3, 0.4) is 0 Å². The van der Waals surface area contributed by atoms with Crippen molar-refractivity contribution in [2.75, 3.05) is 0 Å². The number of carbonyl (C=O) groups excluding carboxylic acids is 1. The van der Waals surface area contributed by atoms with Gasteiger partial charge in [-0.05, 0) is 43.9 Å². The van der Waals surface area contributed by atoms with Crippen LogP contribution in [0.1, 0.15) is 32.0 Å². The molecule has 2 rings (SSSR count). The predicted octanol–water partition coefficient (Wildman–Crippen LogP) is 2.81. The molecule has 3 heteroatoms. The number of allylic oxidation sites excluding steroid dienone is 4. The fraction of sp³-hybridized carbons (Fsp3) is 0.357. The average molecular weight is 228 g/mol. The molecule has 0 fully saturated rings. The lowest BCUT2D eigenvalue weighted by molar-refractivity contribution is -0.118. The normalized spacial score (nSPS) is 20.3. The molecule has 1 aliphatic carbocycles. The van der Waals surface area contributed by atoms with Gasteiger partial charge in [0.2, 0.25) is 0 Å². The number of rotatable bonds is 3. The van der Waals surface area contributed by atoms with Crippen LogP contribution in [0.2, 0.25) is 0 Å². The SMILES string of the molecule is C/C=C/C(=O)C1CC=C(c2ncccn2)CC1. The molecule has 0 aliphatic heterocycles. The topological polar surface area (TPSA) is 42.9 Å². The van der Waals surface area contributed by atoms with E-state index < -0.39 is 0 Å². The zero-order valence-corrected chi connectivity index (χ0v) is 9.97. The molecule has 0 aromatic carbocycles. The van der Waals surface area contributed by atoms with Gasteiger partial charge >= 0.3 is 0 Å². The highest BCUT2D eigenvalue weighted by Gasteiger charge is 2.20. The van der Waals surface area contributed by atoms with Gasteiger partial charge in [-0.1, -0.05) is 12.2 Å². The monoisotopic (exact) mass is 228 g/mol. The lowest BCUT2D eigenvalue weighted by Gasteiger charge is -2.18. The molecule has 0 radical (unpaired) electrons. The van der Waals surface area contributed by atoms with Crippen LogP contribution in [0.25, 0.3) is 5.57 Å². The van der Waals surface area contributed by atoms with Crippen LogP contribution in [-0.4, -0.2) is 15.8 Å². The Labute approximate surface area is 101 Å². The van der Waals surface area contributed by atoms with E-state index >= 15 is 0 Å². The summed E-state index contributed by atoms with van der Waals surface area (Å²) in [6.07, 6.45) is 11.7. The Morgan fingerprint density at radius 1 is 1.41 bits per heavy atom. The average Bonchev–Trinajstić information content (AvgIpc) is 2.40. The van der Waals surface area contributed by atoms with E-state index in [1.165, 1.54) is 0 Å². The highest BCUT2D eigenvalue weighted by molar-refractivity contribution is 5.92. The Balaban J connectivity index is 2.05. The first-order valence-electron chi connectivity index (χ1n) is 5.94. The maximum absolute atomic E-state index is 11.7. The van der Waals surface area contributed by atoms with E-state index in [1.54, 1.807) is 18.5 Å². The summed E-state index contributed by atoms with van der Waals surface area (Å²) in [5.41, 5.74) is 1.16. The van der Waals surface area contributed by atoms with E-state index in [4.69, 9.17) is 0 Å². The summed E-state index contributed by atoms with van der Waals surface area (Å²) in [4.78, 5) is 20.2. The number of ketones is 1. The van der Waals surface area contributed by atoms with Crippen LogP contribution < -0.4 is 0 Å². The molecule has 1 aromatic rings. The number of aromatic nitrogens is 2. The van der Waals surface area contributed by atoms with Gasteiger partial charge in [0.25, 0.3) is 0 Å². The van der Waals surface area contributed by atoms with Gasteiger partial charge in [-0.15, -0.1) is 0 Å². The van der Waals surface area contributed by atoms with Crippen molar-refractivity contribution in [1.82, 2.24) is 9.97 Å². The first-order chi connectivity index (χ1) is 8.31. The molecule has 0 bridgehead atoms. The van der Waals surface area contributed by atoms with Crippen LogP contribution in [0.4, 0.5) is 0 Å². The summed E-state index contributed by atoms with van der Waals surface area (Å²) in [6, 6.07) is 1.81. The molecule has 0 saturated heterocycles. The maximum Gasteiger partial charge on any atom is 0.158 e. The van der Waals surface area contributed by atoms with Crippen LogP contribution in [0.15, 0.2) is 36.7 Å². The largest absolute Gasteiger partial charge is 0.295 e. The van der Waals surface area contributed by atoms with Crippen molar-refractivity contribution in [2.45, 2.75) is 26.2 Å². The molecule has 0 amide bonds. The second-order valence-electron chi connectivity index (χ2n) is 4.18. The first kappa shape index (κ1) is 11.7. The van der Waals surface area contributed by atoms with Crippen molar-refractivity contribution < 1.29 is 4.79 Å². The summed E-state index contributed by atoms with van der Waals surface area (Å²) in [7, 11) is 0. The van der Waals surface area contributed by atoms with Gasteiger partial charge < -0.3 is 0 Å². The molecule has 88 valence electrons. The fourth-order valence-corrected chi connectivity index (χ4v) is 2.06. The third kappa shape index (κ3) is 2.87. The summed E-state index contributed by atoms with van der Waals surface area (Å²) in [6.45, 7) is 1.87. The van der Waals surface area contributed by atoms with E-state index in [-0.39, 0.29) is 11.7 Å². The molecule has 1 aromatic heterocycles. The molecule has 3 nitrogen and oxygen atoms in total. The van der Waals surface area contributed by atoms with Crippen molar-refractivity contribution in [3.05, 3.63) is 42.5 Å². The van der Waals surface area contributed by atoms with E-state index in [2.05, 4.69) is 16.0 Å². The Hall–Kier alpha value is -1.77. The lowest BCUT2D eigenvalue weighted by atomic mass is 9.86. The number of carbonyl (C=O) groups is 1. The van der Waals surface area contributed by atoms with Crippen molar-refractivity contribution >= 4 is 11.4 Å². The molecule has 0 spiro atoms. The Bertz CT molecular complexity index is 449. The van der Waals surface area contributed by atoms with Gasteiger partial charge in [0.15, 0.2) is 11.6 Å². The third-order valence-corrected chi connectivity index (χ3v) is 3.00. The van der Waals surface area contributed by atoms with E-state index in [0.29, 0.717) is 0 Å². The number of hydrogen-bond donors (Lipinski definition) is 0. The van der Waals surface area contributed by atoms with Crippen molar-refractivity contribution in [2.24, 2.45) is 5.92 Å². The maximum atomic E-state index is 11.7. The molecule has 1 aliphatic rings. The zero-order valence-electron chi connectivity index (χ0n) is 9.97. The lowest BCUT2D eigenvalue weighted by Crippen LogP contribution is -2.15. The molecule has 1 heterocycles. The van der Waals surface area contributed by atoms with E-state index in [1.807, 2.05) is 19.1 Å². The molecule has 0 saturated carbocycles. The summed E-state index contributed by atoms with van der Waals surface area (Å²) in [5.74, 6) is 1.17. The Kier molecular flexibility index (Phi) is 3.81. The van der Waals surface area contributed by atoms with Crippen molar-refractivity contribution in [1.29, 1.82) is 0 Å². The van der Waals surface area contributed by atoms with Gasteiger partial charge in [0, 0.05) is 18.3 Å². The van der Waals surface area contributed by atoms with E-state index in [9.17, 15) is 4.79 Å². The van der Waals surface area contributed by atoms with Crippen LogP contribution >= 0.6 is 0 Å². The van der Waals surface area contributed by atoms with Gasteiger partial charge in [-0.25, -0.2) is 9.97 Å². The van der Waals surface area contributed by atoms with Gasteiger partial charge in [-0.3, -0.25) is 4.79 Å². The van der Waals surface area contributed by atoms with Crippen molar-refractivity contribution in [3.8, 4) is 0 Å². The summed E-state index contributed by atoms with van der Waals surface area (Å²) < 4.78 is 0. The highest BCUT2D eigenvalue weighted by atomic mass is 16.1. The van der Waals surface area contributed by atoms with Gasteiger partial charge in [-0.2, -0.15) is 0 Å². The molecule has 0 N–H and O–H groups in total. The molecular weight excluding hydrogens is 212 g/mol.